The first-order valence-electron chi connectivity index (χ1n) is 8.55. The second kappa shape index (κ2) is 9.02. The fourth-order valence-corrected chi connectivity index (χ4v) is 2.76. The molecule has 9 heteroatoms. The van der Waals surface area contributed by atoms with E-state index >= 15 is 0 Å². The van der Waals surface area contributed by atoms with Crippen molar-refractivity contribution >= 4 is 29.6 Å². The summed E-state index contributed by atoms with van der Waals surface area (Å²) >= 11 is 0. The third-order valence-electron chi connectivity index (χ3n) is 3.97. The summed E-state index contributed by atoms with van der Waals surface area (Å²) < 4.78 is 15.1. The smallest absolute Gasteiger partial charge is 0.342 e. The summed E-state index contributed by atoms with van der Waals surface area (Å²) in [6.07, 6.45) is 5.95. The van der Waals surface area contributed by atoms with Crippen molar-refractivity contribution in [3.63, 3.8) is 0 Å². The van der Waals surface area contributed by atoms with Gasteiger partial charge in [-0.15, -0.1) is 0 Å². The normalized spacial score (nSPS) is 15.4. The Labute approximate surface area is 155 Å². The molecule has 1 aliphatic rings. The quantitative estimate of drug-likeness (QED) is 0.518. The minimum atomic E-state index is -0.963. The molecule has 1 aromatic rings. The van der Waals surface area contributed by atoms with Crippen molar-refractivity contribution in [3.05, 3.63) is 29.0 Å². The molecule has 1 atom stereocenters. The van der Waals surface area contributed by atoms with E-state index in [-0.39, 0.29) is 41.7 Å². The Kier molecular flexibility index (Phi) is 6.75. The van der Waals surface area contributed by atoms with Crippen LogP contribution in [0.4, 0.5) is 5.88 Å². The minimum absolute atomic E-state index is 0.0718. The third-order valence-corrected chi connectivity index (χ3v) is 3.97. The molecule has 2 amide bonds. The third kappa shape index (κ3) is 5.19. The van der Waals surface area contributed by atoms with Gasteiger partial charge in [-0.1, -0.05) is 12.2 Å². The van der Waals surface area contributed by atoms with Crippen LogP contribution >= 0.6 is 0 Å². The molecule has 0 aliphatic heterocycles. The van der Waals surface area contributed by atoms with Gasteiger partial charge in [0.05, 0.1) is 13.0 Å². The largest absolute Gasteiger partial charge is 0.462 e. The molecule has 2 rings (SSSR count). The second-order valence-electron chi connectivity index (χ2n) is 6.00. The minimum Gasteiger partial charge on any atom is -0.462 e. The fourth-order valence-electron chi connectivity index (χ4n) is 2.76. The number of carbonyl (C=O) groups is 4. The molecule has 9 nitrogen and oxygen atoms in total. The van der Waals surface area contributed by atoms with Crippen LogP contribution in [0.25, 0.3) is 0 Å². The number of esters is 2. The van der Waals surface area contributed by atoms with Crippen LogP contribution in [0.3, 0.4) is 0 Å². The predicted octanol–water partition coefficient (Wildman–Crippen LogP) is 1.70. The number of primary amides is 1. The van der Waals surface area contributed by atoms with Crippen LogP contribution in [0.5, 0.6) is 0 Å². The molecule has 0 radical (unpaired) electrons. The Balaban J connectivity index is 2.01. The Morgan fingerprint density at radius 1 is 1.26 bits per heavy atom. The topological polar surface area (TPSA) is 138 Å². The molecule has 0 fully saturated rings. The van der Waals surface area contributed by atoms with Gasteiger partial charge < -0.3 is 19.6 Å². The number of rotatable bonds is 8. The lowest BCUT2D eigenvalue weighted by molar-refractivity contribution is -0.147. The standard InChI is InChI=1S/C18H22N2O7/c1-3-25-18(24)14-10(2)27-17(15(14)16(19)23)20-12(21)9-26-13(22)8-11-6-4-5-7-11/h4,6,11H,3,5,7-9H2,1-2H3,(H2,19,23)(H,20,21)/t11-/m1/s1. The SMILES string of the molecule is CCOC(=O)c1c(C)oc(NC(=O)COC(=O)C[C@@H]2C=CCC2)c1C(N)=O. The van der Waals surface area contributed by atoms with Crippen LogP contribution in [-0.4, -0.2) is 37.0 Å². The second-order valence-corrected chi connectivity index (χ2v) is 6.00. The van der Waals surface area contributed by atoms with Crippen molar-refractivity contribution in [2.45, 2.75) is 33.1 Å². The molecule has 146 valence electrons. The number of hydrogen-bond donors (Lipinski definition) is 2. The molecule has 1 heterocycles. The Morgan fingerprint density at radius 2 is 2.00 bits per heavy atom. The van der Waals surface area contributed by atoms with Gasteiger partial charge in [-0.3, -0.25) is 19.7 Å². The maximum absolute atomic E-state index is 12.0. The summed E-state index contributed by atoms with van der Waals surface area (Å²) in [5, 5.41) is 2.29. The maximum Gasteiger partial charge on any atom is 0.342 e. The van der Waals surface area contributed by atoms with Gasteiger partial charge in [0.25, 0.3) is 11.8 Å². The first kappa shape index (κ1) is 20.2. The van der Waals surface area contributed by atoms with Crippen LogP contribution < -0.4 is 11.1 Å². The number of hydrogen-bond acceptors (Lipinski definition) is 7. The number of allylic oxidation sites excluding steroid dienone is 2. The summed E-state index contributed by atoms with van der Waals surface area (Å²) in [6, 6.07) is 0. The van der Waals surface area contributed by atoms with Crippen LogP contribution in [-0.2, 0) is 19.1 Å². The molecular formula is C18H22N2O7. The van der Waals surface area contributed by atoms with Gasteiger partial charge in [0, 0.05) is 0 Å². The molecule has 0 aromatic carbocycles. The highest BCUT2D eigenvalue weighted by Crippen LogP contribution is 2.27. The molecule has 1 aliphatic carbocycles. The number of ether oxygens (including phenoxy) is 2. The van der Waals surface area contributed by atoms with E-state index < -0.39 is 30.4 Å². The van der Waals surface area contributed by atoms with Crippen LogP contribution in [0.2, 0.25) is 0 Å². The zero-order valence-electron chi connectivity index (χ0n) is 15.2. The Hall–Kier alpha value is -3.10. The van der Waals surface area contributed by atoms with E-state index in [1.54, 1.807) is 6.92 Å². The van der Waals surface area contributed by atoms with Crippen LogP contribution in [0, 0.1) is 12.8 Å². The summed E-state index contributed by atoms with van der Waals surface area (Å²) in [5.41, 5.74) is 4.86. The number of aryl methyl sites for hydroxylation is 1. The lowest BCUT2D eigenvalue weighted by Gasteiger charge is -2.08. The van der Waals surface area contributed by atoms with Crippen molar-refractivity contribution in [2.75, 3.05) is 18.5 Å². The molecule has 1 aromatic heterocycles. The van der Waals surface area contributed by atoms with E-state index in [9.17, 15) is 19.2 Å². The van der Waals surface area contributed by atoms with E-state index in [4.69, 9.17) is 19.6 Å². The molecule has 0 saturated carbocycles. The van der Waals surface area contributed by atoms with Crippen LogP contribution in [0.1, 0.15) is 52.7 Å². The highest BCUT2D eigenvalue weighted by Gasteiger charge is 2.29. The molecular weight excluding hydrogens is 356 g/mol. The van der Waals surface area contributed by atoms with Crippen molar-refractivity contribution in [1.29, 1.82) is 0 Å². The summed E-state index contributed by atoms with van der Waals surface area (Å²) in [5.74, 6) is -3.07. The highest BCUT2D eigenvalue weighted by molar-refractivity contribution is 6.10. The van der Waals surface area contributed by atoms with Gasteiger partial charge in [-0.05, 0) is 32.6 Å². The predicted molar refractivity (Wildman–Crippen MR) is 94.0 cm³/mol. The van der Waals surface area contributed by atoms with Crippen LogP contribution in [0.15, 0.2) is 16.6 Å². The molecule has 3 N–H and O–H groups in total. The average Bonchev–Trinajstić information content (AvgIpc) is 3.20. The summed E-state index contributed by atoms with van der Waals surface area (Å²) in [7, 11) is 0. The molecule has 0 unspecified atom stereocenters. The number of furan rings is 1. The summed E-state index contributed by atoms with van der Waals surface area (Å²) in [4.78, 5) is 47.5. The van der Waals surface area contributed by atoms with Crippen molar-refractivity contribution < 1.29 is 33.1 Å². The Bertz CT molecular complexity index is 779. The maximum atomic E-state index is 12.0. The number of carbonyl (C=O) groups excluding carboxylic acids is 4. The van der Waals surface area contributed by atoms with Crippen molar-refractivity contribution in [2.24, 2.45) is 11.7 Å². The lowest BCUT2D eigenvalue weighted by atomic mass is 10.1. The van der Waals surface area contributed by atoms with E-state index in [2.05, 4.69) is 5.32 Å². The van der Waals surface area contributed by atoms with Gasteiger partial charge >= 0.3 is 11.9 Å². The number of anilines is 1. The lowest BCUT2D eigenvalue weighted by Crippen LogP contribution is -2.24. The monoisotopic (exact) mass is 378 g/mol. The first-order chi connectivity index (χ1) is 12.8. The molecule has 0 bridgehead atoms. The van der Waals surface area contributed by atoms with E-state index in [0.29, 0.717) is 0 Å². The molecule has 0 saturated heterocycles. The summed E-state index contributed by atoms with van der Waals surface area (Å²) in [6.45, 7) is 2.58. The van der Waals surface area contributed by atoms with Crippen molar-refractivity contribution in [3.8, 4) is 0 Å². The number of nitrogens with one attached hydrogen (secondary N) is 1. The fraction of sp³-hybridized carbons (Fsp3) is 0.444. The Morgan fingerprint density at radius 3 is 2.59 bits per heavy atom. The zero-order chi connectivity index (χ0) is 20.0. The number of amides is 2. The molecule has 27 heavy (non-hydrogen) atoms. The van der Waals surface area contributed by atoms with Gasteiger partial charge in [-0.2, -0.15) is 0 Å². The van der Waals surface area contributed by atoms with Crippen molar-refractivity contribution in [1.82, 2.24) is 0 Å². The van der Waals surface area contributed by atoms with Gasteiger partial charge in [-0.25, -0.2) is 4.79 Å². The molecule has 0 spiro atoms. The van der Waals surface area contributed by atoms with E-state index in [0.717, 1.165) is 12.8 Å². The van der Waals surface area contributed by atoms with E-state index in [1.165, 1.54) is 6.92 Å². The van der Waals surface area contributed by atoms with Gasteiger partial charge in [0.1, 0.15) is 16.9 Å². The zero-order valence-corrected chi connectivity index (χ0v) is 15.2. The first-order valence-corrected chi connectivity index (χ1v) is 8.55. The highest BCUT2D eigenvalue weighted by atomic mass is 16.5. The van der Waals surface area contributed by atoms with Gasteiger partial charge in [0.2, 0.25) is 5.88 Å². The average molecular weight is 378 g/mol. The number of nitrogens with two attached hydrogens (primary N) is 1. The van der Waals surface area contributed by atoms with Gasteiger partial charge in [0.15, 0.2) is 6.61 Å². The van der Waals surface area contributed by atoms with E-state index in [1.807, 2.05) is 12.2 Å².